The van der Waals surface area contributed by atoms with Gasteiger partial charge in [-0.15, -0.1) is 0 Å². The highest BCUT2D eigenvalue weighted by Gasteiger charge is 2.12. The molecule has 20 heavy (non-hydrogen) atoms. The van der Waals surface area contributed by atoms with Crippen molar-refractivity contribution >= 4 is 5.69 Å². The third kappa shape index (κ3) is 3.61. The summed E-state index contributed by atoms with van der Waals surface area (Å²) in [5.41, 5.74) is 1.37. The summed E-state index contributed by atoms with van der Waals surface area (Å²) in [4.78, 5) is 11.7. The third-order valence-corrected chi connectivity index (χ3v) is 2.61. The Bertz CT molecular complexity index is 615. The van der Waals surface area contributed by atoms with Crippen LogP contribution >= 0.6 is 0 Å². The molecule has 0 aliphatic carbocycles. The Morgan fingerprint density at radius 1 is 1.40 bits per heavy atom. The second kappa shape index (κ2) is 5.38. The predicted molar refractivity (Wildman–Crippen MR) is 74.6 cm³/mol. The molecule has 0 unspecified atom stereocenters. The van der Waals surface area contributed by atoms with Crippen molar-refractivity contribution in [3.05, 3.63) is 46.3 Å². The van der Waals surface area contributed by atoms with E-state index in [1.807, 2.05) is 0 Å². The molecule has 0 amide bonds. The van der Waals surface area contributed by atoms with Crippen molar-refractivity contribution in [3.8, 4) is 5.69 Å². The van der Waals surface area contributed by atoms with Crippen molar-refractivity contribution in [2.45, 2.75) is 32.9 Å². The van der Waals surface area contributed by atoms with Crippen molar-refractivity contribution in [1.82, 2.24) is 20.3 Å². The van der Waals surface area contributed by atoms with Gasteiger partial charge in [-0.1, -0.05) is 6.07 Å². The van der Waals surface area contributed by atoms with Crippen molar-refractivity contribution in [3.63, 3.8) is 0 Å². The molecule has 1 N–H and O–H groups in total. The molecule has 1 aromatic heterocycles. The molecule has 2 aromatic rings. The quantitative estimate of drug-likeness (QED) is 0.682. The van der Waals surface area contributed by atoms with Gasteiger partial charge in [0, 0.05) is 24.2 Å². The van der Waals surface area contributed by atoms with E-state index in [-0.39, 0.29) is 11.2 Å². The Morgan fingerprint density at radius 3 is 2.80 bits per heavy atom. The molecule has 0 radical (unpaired) electrons. The lowest BCUT2D eigenvalue weighted by Gasteiger charge is -2.19. The minimum Gasteiger partial charge on any atom is -0.306 e. The van der Waals surface area contributed by atoms with Crippen molar-refractivity contribution in [2.75, 3.05) is 0 Å². The Balaban J connectivity index is 2.16. The van der Waals surface area contributed by atoms with Gasteiger partial charge in [0.25, 0.3) is 5.69 Å². The van der Waals surface area contributed by atoms with E-state index >= 15 is 0 Å². The summed E-state index contributed by atoms with van der Waals surface area (Å²) in [6.45, 7) is 6.80. The van der Waals surface area contributed by atoms with Crippen LogP contribution in [0.25, 0.3) is 5.69 Å². The monoisotopic (exact) mass is 275 g/mol. The van der Waals surface area contributed by atoms with Crippen LogP contribution in [0.2, 0.25) is 0 Å². The highest BCUT2D eigenvalue weighted by atomic mass is 16.6. The van der Waals surface area contributed by atoms with E-state index in [0.29, 0.717) is 12.2 Å². The summed E-state index contributed by atoms with van der Waals surface area (Å²) in [5, 5.41) is 22.5. The largest absolute Gasteiger partial charge is 0.306 e. The van der Waals surface area contributed by atoms with E-state index in [4.69, 9.17) is 0 Å². The average molecular weight is 275 g/mol. The Morgan fingerprint density at radius 2 is 2.15 bits per heavy atom. The van der Waals surface area contributed by atoms with E-state index in [9.17, 15) is 10.1 Å². The van der Waals surface area contributed by atoms with Crippen molar-refractivity contribution < 1.29 is 4.92 Å². The first-order chi connectivity index (χ1) is 9.35. The highest BCUT2D eigenvalue weighted by molar-refractivity contribution is 5.41. The van der Waals surface area contributed by atoms with Gasteiger partial charge in [0.1, 0.15) is 0 Å². The summed E-state index contributed by atoms with van der Waals surface area (Å²) in [6.07, 6.45) is 1.65. The summed E-state index contributed by atoms with van der Waals surface area (Å²) in [6, 6.07) is 6.23. The van der Waals surface area contributed by atoms with Crippen molar-refractivity contribution in [2.24, 2.45) is 0 Å². The van der Waals surface area contributed by atoms with Gasteiger partial charge in [0.05, 0.1) is 22.5 Å². The number of non-ortho nitro benzene ring substituents is 1. The van der Waals surface area contributed by atoms with Crippen LogP contribution in [0.4, 0.5) is 5.69 Å². The second-order valence-corrected chi connectivity index (χ2v) is 5.51. The normalized spacial score (nSPS) is 11.6. The molecule has 106 valence electrons. The van der Waals surface area contributed by atoms with Gasteiger partial charge in [-0.05, 0) is 26.8 Å². The number of nitro groups is 1. The predicted octanol–water partition coefficient (Wildman–Crippen LogP) is 2.06. The first kappa shape index (κ1) is 14.1. The highest BCUT2D eigenvalue weighted by Crippen LogP contribution is 2.15. The van der Waals surface area contributed by atoms with Gasteiger partial charge in [0.15, 0.2) is 0 Å². The molecule has 0 saturated heterocycles. The maximum absolute atomic E-state index is 10.7. The zero-order chi connectivity index (χ0) is 14.8. The van der Waals surface area contributed by atoms with E-state index in [2.05, 4.69) is 36.3 Å². The number of hydrogen-bond donors (Lipinski definition) is 1. The molecule has 0 aliphatic rings. The molecular weight excluding hydrogens is 258 g/mol. The molecule has 0 bridgehead atoms. The number of nitrogens with one attached hydrogen (secondary N) is 1. The summed E-state index contributed by atoms with van der Waals surface area (Å²) in [5.74, 6) is 0. The molecule has 1 heterocycles. The zero-order valence-corrected chi connectivity index (χ0v) is 11.7. The summed E-state index contributed by atoms with van der Waals surface area (Å²) >= 11 is 0. The third-order valence-electron chi connectivity index (χ3n) is 2.61. The first-order valence-corrected chi connectivity index (χ1v) is 6.26. The lowest BCUT2D eigenvalue weighted by Crippen LogP contribution is -2.35. The number of aromatic nitrogens is 3. The number of nitro benzene ring substituents is 1. The topological polar surface area (TPSA) is 85.9 Å². The minimum absolute atomic E-state index is 0.00465. The smallest absolute Gasteiger partial charge is 0.271 e. The zero-order valence-electron chi connectivity index (χ0n) is 11.7. The molecule has 7 heteroatoms. The van der Waals surface area contributed by atoms with Crippen LogP contribution in [-0.4, -0.2) is 25.5 Å². The van der Waals surface area contributed by atoms with E-state index in [1.54, 1.807) is 18.3 Å². The fraction of sp³-hybridized carbons (Fsp3) is 0.385. The molecule has 0 saturated carbocycles. The molecule has 0 spiro atoms. The Hall–Kier alpha value is -2.28. The molecule has 0 fully saturated rings. The number of rotatable bonds is 4. The first-order valence-electron chi connectivity index (χ1n) is 6.26. The van der Waals surface area contributed by atoms with Crippen LogP contribution in [-0.2, 0) is 6.54 Å². The Kier molecular flexibility index (Phi) is 3.80. The molecule has 7 nitrogen and oxygen atoms in total. The van der Waals surface area contributed by atoms with Crippen LogP contribution in [0, 0.1) is 10.1 Å². The van der Waals surface area contributed by atoms with E-state index < -0.39 is 4.92 Å². The summed E-state index contributed by atoms with van der Waals surface area (Å²) < 4.78 is 0. The Labute approximate surface area is 116 Å². The van der Waals surface area contributed by atoms with Gasteiger partial charge < -0.3 is 5.32 Å². The SMILES string of the molecule is CC(C)(C)NCc1cnn(-c2cccc([N+](=O)[O-])c2)n1. The molecule has 0 aliphatic heterocycles. The summed E-state index contributed by atoms with van der Waals surface area (Å²) in [7, 11) is 0. The maximum Gasteiger partial charge on any atom is 0.271 e. The van der Waals surface area contributed by atoms with Crippen LogP contribution < -0.4 is 5.32 Å². The fourth-order valence-corrected chi connectivity index (χ4v) is 1.59. The van der Waals surface area contributed by atoms with Crippen LogP contribution in [0.5, 0.6) is 0 Å². The number of hydrogen-bond acceptors (Lipinski definition) is 5. The van der Waals surface area contributed by atoms with E-state index in [0.717, 1.165) is 5.69 Å². The molecule has 2 rings (SSSR count). The fourth-order valence-electron chi connectivity index (χ4n) is 1.59. The van der Waals surface area contributed by atoms with Gasteiger partial charge in [-0.2, -0.15) is 15.0 Å². The van der Waals surface area contributed by atoms with Gasteiger partial charge >= 0.3 is 0 Å². The van der Waals surface area contributed by atoms with E-state index in [1.165, 1.54) is 16.9 Å². The lowest BCUT2D eigenvalue weighted by atomic mass is 10.1. The number of nitrogens with zero attached hydrogens (tertiary/aromatic N) is 4. The van der Waals surface area contributed by atoms with Crippen LogP contribution in [0.15, 0.2) is 30.5 Å². The standard InChI is InChI=1S/C13H17N5O2/c1-13(2,3)14-8-10-9-15-17(16-10)11-5-4-6-12(7-11)18(19)20/h4-7,9,14H,8H2,1-3H3. The molecule has 0 atom stereocenters. The van der Waals surface area contributed by atoms with Crippen LogP contribution in [0.3, 0.4) is 0 Å². The van der Waals surface area contributed by atoms with Crippen LogP contribution in [0.1, 0.15) is 26.5 Å². The van der Waals surface area contributed by atoms with Gasteiger partial charge in [-0.3, -0.25) is 10.1 Å². The number of benzene rings is 1. The van der Waals surface area contributed by atoms with Gasteiger partial charge in [0.2, 0.25) is 0 Å². The average Bonchev–Trinajstić information content (AvgIpc) is 2.84. The molecular formula is C13H17N5O2. The van der Waals surface area contributed by atoms with Crippen molar-refractivity contribution in [1.29, 1.82) is 0 Å². The minimum atomic E-state index is -0.435. The maximum atomic E-state index is 10.7. The molecule has 1 aromatic carbocycles. The van der Waals surface area contributed by atoms with Gasteiger partial charge in [-0.25, -0.2) is 0 Å². The second-order valence-electron chi connectivity index (χ2n) is 5.51. The lowest BCUT2D eigenvalue weighted by molar-refractivity contribution is -0.384.